The molecule has 4 aliphatic rings. The Kier molecular flexibility index (Phi) is 5.91. The first-order chi connectivity index (χ1) is 16.2. The van der Waals surface area contributed by atoms with Gasteiger partial charge in [0.15, 0.2) is 17.2 Å². The molecule has 2 saturated carbocycles. The van der Waals surface area contributed by atoms with Crippen LogP contribution < -0.4 is 0 Å². The van der Waals surface area contributed by atoms with Crippen molar-refractivity contribution in [1.82, 2.24) is 0 Å². The Labute approximate surface area is 206 Å². The smallest absolute Gasteiger partial charge is 0.303 e. The lowest BCUT2D eigenvalue weighted by molar-refractivity contribution is -0.182. The van der Waals surface area contributed by atoms with Crippen molar-refractivity contribution >= 4 is 29.3 Å². The van der Waals surface area contributed by atoms with E-state index in [-0.39, 0.29) is 23.5 Å². The van der Waals surface area contributed by atoms with E-state index >= 15 is 0 Å². The second kappa shape index (κ2) is 8.51. The predicted octanol–water partition coefficient (Wildman–Crippen LogP) is 6.20. The van der Waals surface area contributed by atoms with Crippen LogP contribution in [0.1, 0.15) is 77.2 Å². The highest BCUT2D eigenvalue weighted by atomic mass is 32.2. The lowest BCUT2D eigenvalue weighted by atomic mass is 9.50. The standard InChI is InChI=1S/C29H34O4S/c1-17(30)29(33-18(2)31)14-13-26-24-11-7-20-15-21(32)8-12-23(20)27(24)25(16-28(26,29)3)19-5-9-22(34-4)10-6-19/h5-6,9-10,15,24-26H,7-8,11-14,16H2,1-4H3/t24-,25+,26-,28-,29-/m0/s1. The predicted molar refractivity (Wildman–Crippen MR) is 134 cm³/mol. The first-order valence-electron chi connectivity index (χ1n) is 12.5. The van der Waals surface area contributed by atoms with Crippen LogP contribution in [-0.4, -0.2) is 29.4 Å². The fourth-order valence-corrected chi connectivity index (χ4v) is 8.25. The molecule has 5 heteroatoms. The minimum absolute atomic E-state index is 0.0278. The summed E-state index contributed by atoms with van der Waals surface area (Å²) in [7, 11) is 0. The molecule has 2 fully saturated rings. The van der Waals surface area contributed by atoms with Crippen molar-refractivity contribution in [2.75, 3.05) is 6.26 Å². The molecule has 180 valence electrons. The van der Waals surface area contributed by atoms with Crippen LogP contribution in [0.15, 0.2) is 52.0 Å². The Balaban J connectivity index is 1.69. The van der Waals surface area contributed by atoms with E-state index in [0.29, 0.717) is 24.7 Å². The van der Waals surface area contributed by atoms with E-state index in [1.807, 2.05) is 6.08 Å². The quantitative estimate of drug-likeness (QED) is 0.381. The zero-order chi connectivity index (χ0) is 24.3. The minimum atomic E-state index is -1.06. The number of ether oxygens (including phenoxy) is 1. The average Bonchev–Trinajstić information content (AvgIpc) is 3.10. The van der Waals surface area contributed by atoms with Crippen molar-refractivity contribution in [3.63, 3.8) is 0 Å². The van der Waals surface area contributed by atoms with Gasteiger partial charge >= 0.3 is 5.97 Å². The molecule has 4 nitrogen and oxygen atoms in total. The van der Waals surface area contributed by atoms with Gasteiger partial charge in [0, 0.05) is 29.6 Å². The Hall–Kier alpha value is -2.14. The van der Waals surface area contributed by atoms with E-state index in [2.05, 4.69) is 37.4 Å². The van der Waals surface area contributed by atoms with Crippen LogP contribution in [0.3, 0.4) is 0 Å². The average molecular weight is 479 g/mol. The summed E-state index contributed by atoms with van der Waals surface area (Å²) in [6.07, 6.45) is 9.55. The summed E-state index contributed by atoms with van der Waals surface area (Å²) in [4.78, 5) is 38.8. The maximum absolute atomic E-state index is 13.2. The number of ketones is 2. The molecule has 5 rings (SSSR count). The minimum Gasteiger partial charge on any atom is -0.451 e. The summed E-state index contributed by atoms with van der Waals surface area (Å²) in [5.74, 6) is 0.633. The van der Waals surface area contributed by atoms with Crippen LogP contribution in [0.25, 0.3) is 0 Å². The van der Waals surface area contributed by atoms with Gasteiger partial charge in [0.1, 0.15) is 0 Å². The molecular formula is C29H34O4S. The molecule has 0 N–H and O–H groups in total. The van der Waals surface area contributed by atoms with Crippen LogP contribution >= 0.6 is 11.8 Å². The summed E-state index contributed by atoms with van der Waals surface area (Å²) in [5, 5.41) is 0. The molecule has 0 unspecified atom stereocenters. The molecule has 0 saturated heterocycles. The highest BCUT2D eigenvalue weighted by Gasteiger charge is 2.67. The molecule has 0 bridgehead atoms. The number of carbonyl (C=O) groups is 3. The SMILES string of the molecule is CSc1ccc([C@H]2C[C@@]3(C)[C@@H](CC[C@]3(OC(C)=O)C(C)=O)[C@@H]3CCC4=CC(=O)CCC4=C32)cc1. The number of hydrogen-bond donors (Lipinski definition) is 0. The summed E-state index contributed by atoms with van der Waals surface area (Å²) in [6, 6.07) is 8.81. The fraction of sp³-hybridized carbons (Fsp3) is 0.552. The Morgan fingerprint density at radius 3 is 2.44 bits per heavy atom. The van der Waals surface area contributed by atoms with E-state index in [9.17, 15) is 14.4 Å². The van der Waals surface area contributed by atoms with Crippen LogP contribution in [-0.2, 0) is 19.1 Å². The largest absolute Gasteiger partial charge is 0.451 e. The topological polar surface area (TPSA) is 60.4 Å². The molecule has 1 aromatic rings. The van der Waals surface area contributed by atoms with Gasteiger partial charge in [-0.3, -0.25) is 14.4 Å². The molecule has 5 atom stereocenters. The Bertz CT molecular complexity index is 1110. The fourth-order valence-electron chi connectivity index (χ4n) is 7.85. The Morgan fingerprint density at radius 2 is 1.79 bits per heavy atom. The molecule has 0 radical (unpaired) electrons. The first kappa shape index (κ1) is 23.6. The van der Waals surface area contributed by atoms with Gasteiger partial charge in [-0.05, 0) is 98.5 Å². The molecule has 0 amide bonds. The van der Waals surface area contributed by atoms with Crippen molar-refractivity contribution in [2.24, 2.45) is 17.3 Å². The van der Waals surface area contributed by atoms with E-state index < -0.39 is 11.0 Å². The van der Waals surface area contributed by atoms with Crippen molar-refractivity contribution in [3.8, 4) is 0 Å². The highest BCUT2D eigenvalue weighted by Crippen LogP contribution is 2.67. The summed E-state index contributed by atoms with van der Waals surface area (Å²) >= 11 is 1.73. The molecule has 0 aliphatic heterocycles. The maximum atomic E-state index is 13.2. The molecule has 4 aliphatic carbocycles. The van der Waals surface area contributed by atoms with Gasteiger partial charge in [-0.25, -0.2) is 0 Å². The monoisotopic (exact) mass is 478 g/mol. The number of thioether (sulfide) groups is 1. The van der Waals surface area contributed by atoms with Crippen LogP contribution in [0, 0.1) is 17.3 Å². The van der Waals surface area contributed by atoms with Gasteiger partial charge in [0.25, 0.3) is 0 Å². The number of hydrogen-bond acceptors (Lipinski definition) is 5. The number of fused-ring (bicyclic) bond motifs is 4. The number of esters is 1. The number of benzene rings is 1. The van der Waals surface area contributed by atoms with Crippen molar-refractivity contribution in [2.45, 2.75) is 82.1 Å². The van der Waals surface area contributed by atoms with Gasteiger partial charge < -0.3 is 4.74 Å². The van der Waals surface area contributed by atoms with Crippen LogP contribution in [0.4, 0.5) is 0 Å². The third kappa shape index (κ3) is 3.45. The first-order valence-corrected chi connectivity index (χ1v) is 13.7. The van der Waals surface area contributed by atoms with Gasteiger partial charge in [-0.1, -0.05) is 24.6 Å². The molecule has 34 heavy (non-hydrogen) atoms. The van der Waals surface area contributed by atoms with E-state index in [0.717, 1.165) is 32.1 Å². The third-order valence-electron chi connectivity index (χ3n) is 9.26. The van der Waals surface area contributed by atoms with Gasteiger partial charge in [0.05, 0.1) is 0 Å². The number of allylic oxidation sites excluding steroid dienone is 4. The molecule has 0 aromatic heterocycles. The Morgan fingerprint density at radius 1 is 1.06 bits per heavy atom. The molecule has 1 aromatic carbocycles. The zero-order valence-electron chi connectivity index (χ0n) is 20.6. The van der Waals surface area contributed by atoms with Crippen molar-refractivity contribution < 1.29 is 19.1 Å². The second-order valence-corrected chi connectivity index (χ2v) is 11.7. The summed E-state index contributed by atoms with van der Waals surface area (Å²) in [6.45, 7) is 5.23. The van der Waals surface area contributed by atoms with E-state index in [1.165, 1.54) is 34.1 Å². The van der Waals surface area contributed by atoms with Gasteiger partial charge in [0.2, 0.25) is 0 Å². The van der Waals surface area contributed by atoms with Crippen LogP contribution in [0.2, 0.25) is 0 Å². The van der Waals surface area contributed by atoms with Gasteiger partial charge in [-0.2, -0.15) is 0 Å². The lowest BCUT2D eigenvalue weighted by Gasteiger charge is -2.55. The summed E-state index contributed by atoms with van der Waals surface area (Å²) in [5.41, 5.74) is 3.89. The zero-order valence-corrected chi connectivity index (χ0v) is 21.4. The maximum Gasteiger partial charge on any atom is 0.303 e. The normalized spacial score (nSPS) is 34.6. The molecular weight excluding hydrogens is 444 g/mol. The van der Waals surface area contributed by atoms with Gasteiger partial charge in [-0.15, -0.1) is 11.8 Å². The van der Waals surface area contributed by atoms with E-state index in [1.54, 1.807) is 18.7 Å². The molecule has 0 heterocycles. The lowest BCUT2D eigenvalue weighted by Crippen LogP contribution is -2.57. The van der Waals surface area contributed by atoms with E-state index in [4.69, 9.17) is 4.74 Å². The number of Topliss-reactive ketones (excluding diaryl/α,β-unsaturated/α-hetero) is 1. The van der Waals surface area contributed by atoms with Crippen molar-refractivity contribution in [3.05, 3.63) is 52.6 Å². The molecule has 0 spiro atoms. The highest BCUT2D eigenvalue weighted by molar-refractivity contribution is 7.98. The number of carbonyl (C=O) groups excluding carboxylic acids is 3. The summed E-state index contributed by atoms with van der Waals surface area (Å²) < 4.78 is 5.99. The second-order valence-electron chi connectivity index (χ2n) is 10.8. The number of rotatable bonds is 4. The van der Waals surface area contributed by atoms with Crippen molar-refractivity contribution in [1.29, 1.82) is 0 Å². The third-order valence-corrected chi connectivity index (χ3v) is 10.0. The van der Waals surface area contributed by atoms with Crippen LogP contribution in [0.5, 0.6) is 0 Å².